The van der Waals surface area contributed by atoms with Gasteiger partial charge in [-0.25, -0.2) is 0 Å². The van der Waals surface area contributed by atoms with Gasteiger partial charge < -0.3 is 5.11 Å². The number of fused-ring (bicyclic) bond motifs is 1. The molecular formula is C12H14OS. The van der Waals surface area contributed by atoms with Crippen LogP contribution in [0.5, 0.6) is 5.75 Å². The van der Waals surface area contributed by atoms with Gasteiger partial charge in [-0.1, -0.05) is 13.8 Å². The third-order valence-corrected chi connectivity index (χ3v) is 3.56. The number of aromatic hydroxyl groups is 1. The van der Waals surface area contributed by atoms with Gasteiger partial charge in [0.1, 0.15) is 5.75 Å². The molecule has 14 heavy (non-hydrogen) atoms. The van der Waals surface area contributed by atoms with Crippen LogP contribution in [0.4, 0.5) is 0 Å². The molecule has 2 heteroatoms. The van der Waals surface area contributed by atoms with Gasteiger partial charge in [0.15, 0.2) is 0 Å². The standard InChI is InChI=1S/C12H14OS/c1-3-8-5-10(13)12-9(4-2)7-14-11(12)6-8/h5-7,13H,3-4H2,1-2H3. The monoisotopic (exact) mass is 206 g/mol. The van der Waals surface area contributed by atoms with Gasteiger partial charge in [-0.2, -0.15) is 0 Å². The highest BCUT2D eigenvalue weighted by molar-refractivity contribution is 7.17. The molecule has 0 aliphatic rings. The van der Waals surface area contributed by atoms with E-state index in [0.717, 1.165) is 18.2 Å². The molecule has 0 bridgehead atoms. The first kappa shape index (κ1) is 9.53. The Balaban J connectivity index is 2.72. The van der Waals surface area contributed by atoms with E-state index in [0.29, 0.717) is 5.75 Å². The fourth-order valence-corrected chi connectivity index (χ4v) is 2.86. The molecule has 1 nitrogen and oxygen atoms in total. The van der Waals surface area contributed by atoms with Gasteiger partial charge in [0.2, 0.25) is 0 Å². The lowest BCUT2D eigenvalue weighted by molar-refractivity contribution is 0.481. The van der Waals surface area contributed by atoms with Gasteiger partial charge in [-0.3, -0.25) is 0 Å². The molecule has 0 aliphatic carbocycles. The van der Waals surface area contributed by atoms with Crippen LogP contribution in [0.3, 0.4) is 0 Å². The maximum atomic E-state index is 9.89. The Kier molecular flexibility index (Phi) is 2.46. The van der Waals surface area contributed by atoms with E-state index in [2.05, 4.69) is 25.3 Å². The van der Waals surface area contributed by atoms with Crippen LogP contribution in [0, 0.1) is 0 Å². The number of hydrogen-bond acceptors (Lipinski definition) is 2. The molecule has 0 radical (unpaired) electrons. The molecular weight excluding hydrogens is 192 g/mol. The molecule has 0 unspecified atom stereocenters. The highest BCUT2D eigenvalue weighted by Crippen LogP contribution is 2.34. The molecule has 0 saturated heterocycles. The highest BCUT2D eigenvalue weighted by Gasteiger charge is 2.08. The van der Waals surface area contributed by atoms with Crippen molar-refractivity contribution in [3.63, 3.8) is 0 Å². The van der Waals surface area contributed by atoms with E-state index in [1.165, 1.54) is 15.8 Å². The Morgan fingerprint density at radius 1 is 1.21 bits per heavy atom. The predicted molar refractivity (Wildman–Crippen MR) is 62.2 cm³/mol. The Bertz CT molecular complexity index is 457. The smallest absolute Gasteiger partial charge is 0.124 e. The van der Waals surface area contributed by atoms with Crippen molar-refractivity contribution in [2.24, 2.45) is 0 Å². The summed E-state index contributed by atoms with van der Waals surface area (Å²) in [5.74, 6) is 0.442. The maximum Gasteiger partial charge on any atom is 0.124 e. The first-order valence-corrected chi connectivity index (χ1v) is 5.86. The van der Waals surface area contributed by atoms with Crippen molar-refractivity contribution >= 4 is 21.4 Å². The normalized spacial score (nSPS) is 11.0. The van der Waals surface area contributed by atoms with Crippen LogP contribution in [0.25, 0.3) is 10.1 Å². The van der Waals surface area contributed by atoms with Gasteiger partial charge in [0.25, 0.3) is 0 Å². The minimum atomic E-state index is 0.442. The second kappa shape index (κ2) is 3.62. The third-order valence-electron chi connectivity index (χ3n) is 2.58. The first-order valence-electron chi connectivity index (χ1n) is 4.98. The molecule has 74 valence electrons. The Hall–Kier alpha value is -1.02. The van der Waals surface area contributed by atoms with Crippen LogP contribution in [-0.4, -0.2) is 5.11 Å². The summed E-state index contributed by atoms with van der Waals surface area (Å²) >= 11 is 1.72. The summed E-state index contributed by atoms with van der Waals surface area (Å²) in [6.45, 7) is 4.23. The highest BCUT2D eigenvalue weighted by atomic mass is 32.1. The van der Waals surface area contributed by atoms with E-state index >= 15 is 0 Å². The lowest BCUT2D eigenvalue weighted by Crippen LogP contribution is -1.81. The average Bonchev–Trinajstić information content (AvgIpc) is 2.61. The zero-order valence-electron chi connectivity index (χ0n) is 8.50. The van der Waals surface area contributed by atoms with Crippen molar-refractivity contribution in [3.05, 3.63) is 28.6 Å². The molecule has 0 amide bonds. The van der Waals surface area contributed by atoms with Crippen molar-refractivity contribution in [1.82, 2.24) is 0 Å². The second-order valence-electron chi connectivity index (χ2n) is 3.46. The van der Waals surface area contributed by atoms with Crippen molar-refractivity contribution in [3.8, 4) is 5.75 Å². The topological polar surface area (TPSA) is 20.2 Å². The number of rotatable bonds is 2. The number of thiophene rings is 1. The summed E-state index contributed by atoms with van der Waals surface area (Å²) in [5.41, 5.74) is 2.46. The van der Waals surface area contributed by atoms with E-state index in [1.54, 1.807) is 11.3 Å². The molecule has 0 saturated carbocycles. The van der Waals surface area contributed by atoms with Gasteiger partial charge in [0.05, 0.1) is 0 Å². The Morgan fingerprint density at radius 3 is 2.64 bits per heavy atom. The van der Waals surface area contributed by atoms with E-state index in [1.807, 2.05) is 6.07 Å². The number of phenols is 1. The largest absolute Gasteiger partial charge is 0.507 e. The lowest BCUT2D eigenvalue weighted by Gasteiger charge is -2.02. The van der Waals surface area contributed by atoms with Crippen molar-refractivity contribution in [1.29, 1.82) is 0 Å². The zero-order valence-corrected chi connectivity index (χ0v) is 9.32. The quantitative estimate of drug-likeness (QED) is 0.793. The molecule has 0 spiro atoms. The fraction of sp³-hybridized carbons (Fsp3) is 0.333. The summed E-state index contributed by atoms with van der Waals surface area (Å²) < 4.78 is 1.21. The van der Waals surface area contributed by atoms with Crippen molar-refractivity contribution in [2.75, 3.05) is 0 Å². The molecule has 0 atom stereocenters. The van der Waals surface area contributed by atoms with E-state index in [-0.39, 0.29) is 0 Å². The van der Waals surface area contributed by atoms with E-state index in [9.17, 15) is 5.11 Å². The molecule has 2 aromatic rings. The molecule has 1 aromatic heterocycles. The van der Waals surface area contributed by atoms with Crippen LogP contribution in [0.15, 0.2) is 17.5 Å². The third kappa shape index (κ3) is 1.40. The number of aryl methyl sites for hydroxylation is 2. The minimum Gasteiger partial charge on any atom is -0.507 e. The Morgan fingerprint density at radius 2 is 2.00 bits per heavy atom. The summed E-state index contributed by atoms with van der Waals surface area (Å²) in [7, 11) is 0. The van der Waals surface area contributed by atoms with Crippen LogP contribution < -0.4 is 0 Å². The molecule has 1 N–H and O–H groups in total. The van der Waals surface area contributed by atoms with Crippen LogP contribution >= 0.6 is 11.3 Å². The fourth-order valence-electron chi connectivity index (χ4n) is 1.73. The predicted octanol–water partition coefficient (Wildman–Crippen LogP) is 3.73. The van der Waals surface area contributed by atoms with Crippen LogP contribution in [-0.2, 0) is 12.8 Å². The molecule has 1 heterocycles. The first-order chi connectivity index (χ1) is 6.76. The maximum absolute atomic E-state index is 9.89. The van der Waals surface area contributed by atoms with Gasteiger partial charge in [-0.15, -0.1) is 11.3 Å². The van der Waals surface area contributed by atoms with Gasteiger partial charge in [-0.05, 0) is 41.5 Å². The SMILES string of the molecule is CCc1cc(O)c2c(CC)csc2c1. The Labute approximate surface area is 88.0 Å². The lowest BCUT2D eigenvalue weighted by atomic mass is 10.1. The summed E-state index contributed by atoms with van der Waals surface area (Å²) in [4.78, 5) is 0. The number of hydrogen-bond donors (Lipinski definition) is 1. The zero-order chi connectivity index (χ0) is 10.1. The van der Waals surface area contributed by atoms with Crippen LogP contribution in [0.1, 0.15) is 25.0 Å². The van der Waals surface area contributed by atoms with E-state index in [4.69, 9.17) is 0 Å². The molecule has 0 fully saturated rings. The molecule has 2 rings (SSSR count). The van der Waals surface area contributed by atoms with Gasteiger partial charge in [0, 0.05) is 10.1 Å². The number of benzene rings is 1. The number of phenolic OH excluding ortho intramolecular Hbond substituents is 1. The molecule has 1 aromatic carbocycles. The summed E-state index contributed by atoms with van der Waals surface area (Å²) in [6.07, 6.45) is 1.96. The van der Waals surface area contributed by atoms with Crippen molar-refractivity contribution < 1.29 is 5.11 Å². The van der Waals surface area contributed by atoms with Crippen LogP contribution in [0.2, 0.25) is 0 Å². The average molecular weight is 206 g/mol. The van der Waals surface area contributed by atoms with E-state index < -0.39 is 0 Å². The summed E-state index contributed by atoms with van der Waals surface area (Å²) in [6, 6.07) is 4.06. The van der Waals surface area contributed by atoms with Gasteiger partial charge >= 0.3 is 0 Å². The summed E-state index contributed by atoms with van der Waals surface area (Å²) in [5, 5.41) is 13.1. The molecule has 0 aliphatic heterocycles. The minimum absolute atomic E-state index is 0.442. The van der Waals surface area contributed by atoms with Crippen molar-refractivity contribution in [2.45, 2.75) is 26.7 Å². The second-order valence-corrected chi connectivity index (χ2v) is 4.37.